The van der Waals surface area contributed by atoms with E-state index >= 15 is 0 Å². The second-order valence-electron chi connectivity index (χ2n) is 7.65. The Labute approximate surface area is 159 Å². The molecular formula is C19H27N5O3. The zero-order chi connectivity index (χ0) is 19.6. The van der Waals surface area contributed by atoms with Gasteiger partial charge in [0.2, 0.25) is 5.91 Å². The molecule has 2 aliphatic rings. The van der Waals surface area contributed by atoms with E-state index in [1.54, 1.807) is 53.3 Å². The van der Waals surface area contributed by atoms with Crippen molar-refractivity contribution in [1.29, 1.82) is 0 Å². The highest BCUT2D eigenvalue weighted by Crippen LogP contribution is 2.35. The summed E-state index contributed by atoms with van der Waals surface area (Å²) in [6.07, 6.45) is 3.55. The van der Waals surface area contributed by atoms with Crippen LogP contribution >= 0.6 is 0 Å². The molecule has 8 heteroatoms. The average molecular weight is 373 g/mol. The van der Waals surface area contributed by atoms with Gasteiger partial charge in [0.25, 0.3) is 5.91 Å². The van der Waals surface area contributed by atoms with E-state index in [0.717, 1.165) is 0 Å². The predicted octanol–water partition coefficient (Wildman–Crippen LogP) is 0.760. The molecule has 4 amide bonds. The minimum atomic E-state index is -0.433. The van der Waals surface area contributed by atoms with E-state index in [9.17, 15) is 14.4 Å². The molecule has 8 nitrogen and oxygen atoms in total. The lowest BCUT2D eigenvalue weighted by atomic mass is 9.85. The number of nitrogens with zero attached hydrogens (tertiary/aromatic N) is 5. The van der Waals surface area contributed by atoms with Gasteiger partial charge in [-0.2, -0.15) is 0 Å². The van der Waals surface area contributed by atoms with E-state index in [0.29, 0.717) is 51.3 Å². The minimum Gasteiger partial charge on any atom is -0.342 e. The maximum Gasteiger partial charge on any atom is 0.319 e. The first-order valence-electron chi connectivity index (χ1n) is 9.28. The van der Waals surface area contributed by atoms with Gasteiger partial charge in [-0.25, -0.2) is 4.79 Å². The Morgan fingerprint density at radius 2 is 1.74 bits per heavy atom. The van der Waals surface area contributed by atoms with Crippen LogP contribution in [0.2, 0.25) is 0 Å². The lowest BCUT2D eigenvalue weighted by Gasteiger charge is -2.34. The molecule has 0 aromatic carbocycles. The van der Waals surface area contributed by atoms with Crippen molar-refractivity contribution in [2.45, 2.75) is 13.3 Å². The monoisotopic (exact) mass is 373 g/mol. The lowest BCUT2D eigenvalue weighted by molar-refractivity contribution is -0.127. The van der Waals surface area contributed by atoms with Crippen LogP contribution in [0.25, 0.3) is 0 Å². The average Bonchev–Trinajstić information content (AvgIpc) is 2.86. The summed E-state index contributed by atoms with van der Waals surface area (Å²) in [5.41, 5.74) is 0.141. The molecule has 146 valence electrons. The van der Waals surface area contributed by atoms with Crippen LogP contribution in [0, 0.1) is 5.41 Å². The second kappa shape index (κ2) is 7.54. The Hall–Kier alpha value is -2.64. The summed E-state index contributed by atoms with van der Waals surface area (Å²) < 4.78 is 0. The number of pyridine rings is 1. The molecule has 1 aromatic heterocycles. The van der Waals surface area contributed by atoms with Crippen molar-refractivity contribution in [2.75, 3.05) is 53.4 Å². The Bertz CT molecular complexity index is 723. The number of carbonyl (C=O) groups excluding carboxylic acids is 3. The molecule has 3 rings (SSSR count). The van der Waals surface area contributed by atoms with Crippen LogP contribution in [0.1, 0.15) is 23.7 Å². The van der Waals surface area contributed by atoms with Gasteiger partial charge in [-0.15, -0.1) is 0 Å². The molecule has 2 saturated heterocycles. The van der Waals surface area contributed by atoms with E-state index in [2.05, 4.69) is 4.98 Å². The van der Waals surface area contributed by atoms with Gasteiger partial charge in [-0.05, 0) is 19.1 Å². The molecule has 27 heavy (non-hydrogen) atoms. The zero-order valence-electron chi connectivity index (χ0n) is 16.2. The third-order valence-electron chi connectivity index (χ3n) is 5.35. The van der Waals surface area contributed by atoms with Gasteiger partial charge in [0, 0.05) is 83.2 Å². The zero-order valence-corrected chi connectivity index (χ0v) is 16.2. The molecule has 0 unspecified atom stereocenters. The lowest BCUT2D eigenvalue weighted by Crippen LogP contribution is -2.47. The summed E-state index contributed by atoms with van der Waals surface area (Å²) >= 11 is 0. The van der Waals surface area contributed by atoms with Crippen molar-refractivity contribution in [3.8, 4) is 0 Å². The highest BCUT2D eigenvalue weighted by atomic mass is 16.2. The number of likely N-dealkylation sites (tertiary alicyclic amines) is 1. The molecule has 1 spiro atoms. The highest BCUT2D eigenvalue weighted by molar-refractivity contribution is 5.94. The molecular weight excluding hydrogens is 346 g/mol. The quantitative estimate of drug-likeness (QED) is 0.767. The topological polar surface area (TPSA) is 77.1 Å². The number of rotatable bonds is 2. The minimum absolute atomic E-state index is 0.0849. The Morgan fingerprint density at radius 3 is 2.33 bits per heavy atom. The van der Waals surface area contributed by atoms with Gasteiger partial charge in [-0.3, -0.25) is 14.6 Å². The smallest absolute Gasteiger partial charge is 0.319 e. The fourth-order valence-corrected chi connectivity index (χ4v) is 4.04. The number of amides is 4. The van der Waals surface area contributed by atoms with Gasteiger partial charge in [0.15, 0.2) is 0 Å². The number of hydrogen-bond donors (Lipinski definition) is 0. The largest absolute Gasteiger partial charge is 0.342 e. The SMILES string of the molecule is CCN1C[C@@]2(CC1=O)CN(C(=O)c1ccncc1)CCN(C(=O)N(C)C)C2. The van der Waals surface area contributed by atoms with E-state index in [-0.39, 0.29) is 17.8 Å². The molecule has 0 N–H and O–H groups in total. The predicted molar refractivity (Wildman–Crippen MR) is 100 cm³/mol. The first-order chi connectivity index (χ1) is 12.8. The van der Waals surface area contributed by atoms with Crippen LogP contribution in [-0.4, -0.2) is 95.8 Å². The summed E-state index contributed by atoms with van der Waals surface area (Å²) in [4.78, 5) is 49.0. The molecule has 0 radical (unpaired) electrons. The van der Waals surface area contributed by atoms with Crippen molar-refractivity contribution >= 4 is 17.8 Å². The van der Waals surface area contributed by atoms with Gasteiger partial charge in [-0.1, -0.05) is 0 Å². The van der Waals surface area contributed by atoms with Crippen LogP contribution in [0.3, 0.4) is 0 Å². The van der Waals surface area contributed by atoms with Gasteiger partial charge in [0.1, 0.15) is 0 Å². The number of hydrogen-bond acceptors (Lipinski definition) is 4. The fraction of sp³-hybridized carbons (Fsp3) is 0.579. The van der Waals surface area contributed by atoms with E-state index in [4.69, 9.17) is 0 Å². The van der Waals surface area contributed by atoms with Gasteiger partial charge >= 0.3 is 6.03 Å². The summed E-state index contributed by atoms with van der Waals surface area (Å²) in [7, 11) is 3.44. The molecule has 0 aliphatic carbocycles. The summed E-state index contributed by atoms with van der Waals surface area (Å²) in [5.74, 6) is 0.00582. The summed E-state index contributed by atoms with van der Waals surface area (Å²) in [5, 5.41) is 0. The van der Waals surface area contributed by atoms with Crippen LogP contribution in [0.5, 0.6) is 0 Å². The van der Waals surface area contributed by atoms with Gasteiger partial charge in [0.05, 0.1) is 0 Å². The Morgan fingerprint density at radius 1 is 1.11 bits per heavy atom. The van der Waals surface area contributed by atoms with Crippen LogP contribution < -0.4 is 0 Å². The maximum atomic E-state index is 13.0. The van der Waals surface area contributed by atoms with E-state index in [1.165, 1.54) is 0 Å². The molecule has 2 fully saturated rings. The third-order valence-corrected chi connectivity index (χ3v) is 5.35. The van der Waals surface area contributed by atoms with Crippen LogP contribution in [0.15, 0.2) is 24.5 Å². The van der Waals surface area contributed by atoms with Gasteiger partial charge < -0.3 is 19.6 Å². The Balaban J connectivity index is 1.89. The molecule has 3 heterocycles. The maximum absolute atomic E-state index is 13.0. The molecule has 1 atom stereocenters. The summed E-state index contributed by atoms with van der Waals surface area (Å²) in [6.45, 7) is 5.01. The molecule has 1 aromatic rings. The Kier molecular flexibility index (Phi) is 5.34. The number of urea groups is 1. The van der Waals surface area contributed by atoms with Crippen LogP contribution in [-0.2, 0) is 4.79 Å². The first kappa shape index (κ1) is 19.1. The fourth-order valence-electron chi connectivity index (χ4n) is 4.04. The number of carbonyl (C=O) groups is 3. The summed E-state index contributed by atoms with van der Waals surface area (Å²) in [6, 6.07) is 3.30. The van der Waals surface area contributed by atoms with Crippen molar-refractivity contribution in [2.24, 2.45) is 5.41 Å². The van der Waals surface area contributed by atoms with Crippen molar-refractivity contribution in [3.63, 3.8) is 0 Å². The van der Waals surface area contributed by atoms with E-state index < -0.39 is 5.41 Å². The normalized spacial score (nSPS) is 22.9. The molecule has 2 aliphatic heterocycles. The second-order valence-corrected chi connectivity index (χ2v) is 7.65. The molecule has 0 saturated carbocycles. The van der Waals surface area contributed by atoms with Crippen LogP contribution in [0.4, 0.5) is 4.79 Å². The molecule has 0 bridgehead atoms. The third kappa shape index (κ3) is 3.89. The first-order valence-corrected chi connectivity index (χ1v) is 9.28. The van der Waals surface area contributed by atoms with Crippen molar-refractivity contribution in [1.82, 2.24) is 24.6 Å². The number of aromatic nitrogens is 1. The standard InChI is InChI=1S/C19H27N5O3/c1-4-22-12-19(11-16(22)25)13-23(17(26)15-5-7-20-8-6-15)9-10-24(14-19)18(27)21(2)3/h5-8H,4,9-14H2,1-3H3/t19-/m0/s1. The highest BCUT2D eigenvalue weighted by Gasteiger charge is 2.47. The van der Waals surface area contributed by atoms with Crippen molar-refractivity contribution in [3.05, 3.63) is 30.1 Å². The van der Waals surface area contributed by atoms with Crippen molar-refractivity contribution < 1.29 is 14.4 Å². The van der Waals surface area contributed by atoms with E-state index in [1.807, 2.05) is 11.8 Å².